The first-order chi connectivity index (χ1) is 9.56. The van der Waals surface area contributed by atoms with Crippen LogP contribution in [-0.2, 0) is 0 Å². The summed E-state index contributed by atoms with van der Waals surface area (Å²) in [5.41, 5.74) is -0.118. The molecule has 0 aliphatic heterocycles. The largest absolute Gasteiger partial charge is 0.459 e. The number of aryl methyl sites for hydroxylation is 1. The number of hydrogen-bond donors (Lipinski definition) is 2. The molecule has 0 atom stereocenters. The molecule has 0 saturated carbocycles. The van der Waals surface area contributed by atoms with E-state index >= 15 is 0 Å². The van der Waals surface area contributed by atoms with E-state index in [4.69, 9.17) is 16.0 Å². The minimum absolute atomic E-state index is 0.00457. The van der Waals surface area contributed by atoms with E-state index in [0.717, 1.165) is 4.52 Å². The van der Waals surface area contributed by atoms with Gasteiger partial charge in [-0.15, -0.1) is 0 Å². The van der Waals surface area contributed by atoms with Gasteiger partial charge in [-0.2, -0.15) is 9.50 Å². The maximum Gasteiger partial charge on any atom is 0.293 e. The third kappa shape index (κ3) is 1.95. The maximum absolute atomic E-state index is 11.9. The van der Waals surface area contributed by atoms with Crippen LogP contribution in [0.5, 0.6) is 0 Å². The lowest BCUT2D eigenvalue weighted by Gasteiger charge is -1.96. The molecule has 0 spiro atoms. The molecule has 3 aromatic heterocycles. The summed E-state index contributed by atoms with van der Waals surface area (Å²) in [5, 5.41) is 5.05. The van der Waals surface area contributed by atoms with E-state index in [1.807, 2.05) is 0 Å². The Labute approximate surface area is 116 Å². The van der Waals surface area contributed by atoms with Crippen LogP contribution in [-0.4, -0.2) is 25.5 Å². The third-order valence-corrected chi connectivity index (χ3v) is 3.02. The monoisotopic (exact) mass is 293 g/mol. The molecule has 0 aromatic carbocycles. The molecule has 0 saturated heterocycles. The molecule has 2 N–H and O–H groups in total. The number of anilines is 1. The van der Waals surface area contributed by atoms with Gasteiger partial charge in [-0.05, 0) is 19.1 Å². The second-order valence-electron chi connectivity index (χ2n) is 3.96. The van der Waals surface area contributed by atoms with Crippen molar-refractivity contribution in [1.29, 1.82) is 0 Å². The number of aromatic nitrogens is 4. The number of halogens is 1. The second kappa shape index (κ2) is 4.49. The van der Waals surface area contributed by atoms with E-state index in [9.17, 15) is 9.59 Å². The molecule has 0 aliphatic rings. The van der Waals surface area contributed by atoms with Gasteiger partial charge in [0.2, 0.25) is 5.95 Å². The lowest BCUT2D eigenvalue weighted by Crippen LogP contribution is -2.17. The molecule has 102 valence electrons. The van der Waals surface area contributed by atoms with E-state index in [0.29, 0.717) is 5.69 Å². The molecular formula is C11H8ClN5O3. The average molecular weight is 294 g/mol. The number of amides is 1. The summed E-state index contributed by atoms with van der Waals surface area (Å²) in [5.74, 6) is -0.186. The lowest BCUT2D eigenvalue weighted by molar-refractivity contribution is 0.0996. The van der Waals surface area contributed by atoms with Crippen LogP contribution in [0.25, 0.3) is 5.78 Å². The number of carbonyl (C=O) groups is 1. The molecule has 0 radical (unpaired) electrons. The molecule has 9 heteroatoms. The summed E-state index contributed by atoms with van der Waals surface area (Å²) in [6.45, 7) is 1.60. The quantitative estimate of drug-likeness (QED) is 0.739. The Morgan fingerprint density at radius 2 is 2.30 bits per heavy atom. The third-order valence-electron chi connectivity index (χ3n) is 2.58. The first-order valence-corrected chi connectivity index (χ1v) is 5.94. The fourth-order valence-corrected chi connectivity index (χ4v) is 1.76. The summed E-state index contributed by atoms with van der Waals surface area (Å²) in [6, 6.07) is 3.09. The lowest BCUT2D eigenvalue weighted by atomic mass is 10.4. The first kappa shape index (κ1) is 12.4. The Balaban J connectivity index is 2.00. The standard InChI is InChI=1S/C11H8ClN5O3/c1-5-7(12)9(19)17-11(13-5)15-10(16-17)14-8(18)6-3-2-4-20-6/h2-4H,1H3,(H2,13,14,15,16,18). The highest BCUT2D eigenvalue weighted by Crippen LogP contribution is 2.10. The zero-order valence-corrected chi connectivity index (χ0v) is 10.9. The minimum Gasteiger partial charge on any atom is -0.459 e. The Hall–Kier alpha value is -2.61. The Bertz CT molecular complexity index is 849. The Morgan fingerprint density at radius 1 is 1.50 bits per heavy atom. The molecule has 3 heterocycles. The van der Waals surface area contributed by atoms with Gasteiger partial charge in [-0.1, -0.05) is 11.6 Å². The van der Waals surface area contributed by atoms with Crippen LogP contribution >= 0.6 is 11.6 Å². The number of nitrogens with one attached hydrogen (secondary N) is 2. The van der Waals surface area contributed by atoms with Crippen molar-refractivity contribution >= 4 is 29.2 Å². The molecule has 3 aromatic rings. The van der Waals surface area contributed by atoms with E-state index in [1.165, 1.54) is 12.3 Å². The number of rotatable bonds is 2. The van der Waals surface area contributed by atoms with Gasteiger partial charge in [-0.25, -0.2) is 4.98 Å². The van der Waals surface area contributed by atoms with Crippen LogP contribution < -0.4 is 10.9 Å². The highest BCUT2D eigenvalue weighted by molar-refractivity contribution is 6.31. The van der Waals surface area contributed by atoms with Crippen LogP contribution in [0.2, 0.25) is 5.02 Å². The average Bonchev–Trinajstić information content (AvgIpc) is 3.05. The van der Waals surface area contributed by atoms with Crippen molar-refractivity contribution in [3.63, 3.8) is 0 Å². The molecule has 3 rings (SSSR count). The van der Waals surface area contributed by atoms with Crippen LogP contribution in [0.4, 0.5) is 5.95 Å². The number of hydrogen-bond acceptors (Lipinski definition) is 5. The van der Waals surface area contributed by atoms with Crippen molar-refractivity contribution in [2.24, 2.45) is 0 Å². The summed E-state index contributed by atoms with van der Waals surface area (Å²) in [7, 11) is 0. The molecule has 20 heavy (non-hydrogen) atoms. The number of furan rings is 1. The minimum atomic E-state index is -0.495. The zero-order valence-electron chi connectivity index (χ0n) is 10.2. The van der Waals surface area contributed by atoms with Crippen molar-refractivity contribution in [2.45, 2.75) is 6.92 Å². The molecule has 0 bridgehead atoms. The van der Waals surface area contributed by atoms with E-state index in [1.54, 1.807) is 13.0 Å². The van der Waals surface area contributed by atoms with Crippen LogP contribution in [0.3, 0.4) is 0 Å². The topological polar surface area (TPSA) is 105 Å². The summed E-state index contributed by atoms with van der Waals surface area (Å²) >= 11 is 5.81. The summed E-state index contributed by atoms with van der Waals surface area (Å²) < 4.78 is 5.99. The van der Waals surface area contributed by atoms with Gasteiger partial charge < -0.3 is 4.42 Å². The van der Waals surface area contributed by atoms with Crippen molar-refractivity contribution in [3.8, 4) is 0 Å². The molecule has 1 amide bonds. The Morgan fingerprint density at radius 3 is 3.00 bits per heavy atom. The molecule has 8 nitrogen and oxygen atoms in total. The SMILES string of the molecule is Cc1nc2nc(NC(=O)c3ccco3)[nH]n2c(=O)c1Cl. The first-order valence-electron chi connectivity index (χ1n) is 5.56. The van der Waals surface area contributed by atoms with Crippen molar-refractivity contribution in [2.75, 3.05) is 5.32 Å². The van der Waals surface area contributed by atoms with Gasteiger partial charge in [-0.3, -0.25) is 20.0 Å². The molecule has 0 fully saturated rings. The Kier molecular flexibility index (Phi) is 2.79. The van der Waals surface area contributed by atoms with Gasteiger partial charge >= 0.3 is 0 Å². The highest BCUT2D eigenvalue weighted by atomic mass is 35.5. The normalized spacial score (nSPS) is 10.9. The second-order valence-corrected chi connectivity index (χ2v) is 4.33. The maximum atomic E-state index is 11.9. The number of nitrogens with zero attached hydrogens (tertiary/aromatic N) is 3. The van der Waals surface area contributed by atoms with E-state index in [2.05, 4.69) is 20.4 Å². The van der Waals surface area contributed by atoms with Gasteiger partial charge in [0.1, 0.15) is 5.02 Å². The number of H-pyrrole nitrogens is 1. The van der Waals surface area contributed by atoms with Crippen molar-refractivity contribution < 1.29 is 9.21 Å². The number of aromatic amines is 1. The van der Waals surface area contributed by atoms with Crippen LogP contribution in [0.15, 0.2) is 27.6 Å². The summed E-state index contributed by atoms with van der Waals surface area (Å²) in [6.07, 6.45) is 1.38. The molecule has 0 unspecified atom stereocenters. The molecule has 0 aliphatic carbocycles. The highest BCUT2D eigenvalue weighted by Gasteiger charge is 2.14. The van der Waals surface area contributed by atoms with Gasteiger partial charge in [0.25, 0.3) is 17.2 Å². The van der Waals surface area contributed by atoms with E-state index < -0.39 is 11.5 Å². The van der Waals surface area contributed by atoms with Gasteiger partial charge in [0.05, 0.1) is 12.0 Å². The van der Waals surface area contributed by atoms with Crippen molar-refractivity contribution in [1.82, 2.24) is 19.6 Å². The predicted molar refractivity (Wildman–Crippen MR) is 70.0 cm³/mol. The predicted octanol–water partition coefficient (Wildman–Crippen LogP) is 1.22. The van der Waals surface area contributed by atoms with Gasteiger partial charge in [0, 0.05) is 0 Å². The fraction of sp³-hybridized carbons (Fsp3) is 0.0909. The summed E-state index contributed by atoms with van der Waals surface area (Å²) in [4.78, 5) is 31.7. The van der Waals surface area contributed by atoms with Crippen molar-refractivity contribution in [3.05, 3.63) is 45.2 Å². The van der Waals surface area contributed by atoms with Gasteiger partial charge in [0.15, 0.2) is 5.76 Å². The smallest absolute Gasteiger partial charge is 0.293 e. The fourth-order valence-electron chi connectivity index (χ4n) is 1.63. The van der Waals surface area contributed by atoms with E-state index in [-0.39, 0.29) is 22.5 Å². The number of fused-ring (bicyclic) bond motifs is 1. The molecular weight excluding hydrogens is 286 g/mol. The van der Waals surface area contributed by atoms with Crippen LogP contribution in [0, 0.1) is 6.92 Å². The van der Waals surface area contributed by atoms with Crippen LogP contribution in [0.1, 0.15) is 16.2 Å². The number of carbonyl (C=O) groups excluding carboxylic acids is 1. The zero-order chi connectivity index (χ0) is 14.3.